The predicted molar refractivity (Wildman–Crippen MR) is 104 cm³/mol. The Labute approximate surface area is 156 Å². The number of nitrogens with one attached hydrogen (secondary N) is 2. The van der Waals surface area contributed by atoms with Crippen LogP contribution in [0.4, 0.5) is 17.2 Å². The number of aromatic nitrogens is 4. The summed E-state index contributed by atoms with van der Waals surface area (Å²) in [6, 6.07) is 9.26. The van der Waals surface area contributed by atoms with Gasteiger partial charge in [-0.1, -0.05) is 18.2 Å². The minimum atomic E-state index is -0.181. The quantitative estimate of drug-likeness (QED) is 0.557. The maximum absolute atomic E-state index is 11.7. The number of rotatable bonds is 7. The summed E-state index contributed by atoms with van der Waals surface area (Å²) in [5, 5.41) is 19.1. The molecule has 8 nitrogen and oxygen atoms in total. The van der Waals surface area contributed by atoms with Gasteiger partial charge in [0.05, 0.1) is 30.7 Å². The van der Waals surface area contributed by atoms with Crippen LogP contribution in [-0.4, -0.2) is 37.4 Å². The van der Waals surface area contributed by atoms with Crippen LogP contribution in [0, 0.1) is 0 Å². The Kier molecular flexibility index (Phi) is 5.91. The van der Waals surface area contributed by atoms with E-state index in [1.54, 1.807) is 30.1 Å². The van der Waals surface area contributed by atoms with E-state index < -0.39 is 0 Å². The summed E-state index contributed by atoms with van der Waals surface area (Å²) >= 11 is 0. The zero-order valence-electron chi connectivity index (χ0n) is 14.8. The highest BCUT2D eigenvalue weighted by Gasteiger charge is 2.06. The number of hydrogen-bond acceptors (Lipinski definition) is 6. The van der Waals surface area contributed by atoms with Gasteiger partial charge in [0.15, 0.2) is 0 Å². The van der Waals surface area contributed by atoms with Gasteiger partial charge < -0.3 is 15.7 Å². The summed E-state index contributed by atoms with van der Waals surface area (Å²) in [5.74, 6) is 0.437. The van der Waals surface area contributed by atoms with Gasteiger partial charge in [-0.05, 0) is 25.1 Å². The number of anilines is 3. The summed E-state index contributed by atoms with van der Waals surface area (Å²) in [5.41, 5.74) is 3.03. The molecule has 0 unspecified atom stereocenters. The summed E-state index contributed by atoms with van der Waals surface area (Å²) < 4.78 is 1.64. The predicted octanol–water partition coefficient (Wildman–Crippen LogP) is 2.59. The zero-order valence-corrected chi connectivity index (χ0v) is 14.8. The first-order chi connectivity index (χ1) is 13.2. The van der Waals surface area contributed by atoms with Crippen molar-refractivity contribution in [3.8, 4) is 11.3 Å². The van der Waals surface area contributed by atoms with Gasteiger partial charge in [0.25, 0.3) is 0 Å². The fraction of sp³-hybridized carbons (Fsp3) is 0.158. The second-order valence-corrected chi connectivity index (χ2v) is 5.70. The van der Waals surface area contributed by atoms with Crippen LogP contribution < -0.4 is 10.6 Å². The van der Waals surface area contributed by atoms with E-state index in [-0.39, 0.29) is 12.5 Å². The summed E-state index contributed by atoms with van der Waals surface area (Å²) in [4.78, 5) is 20.2. The molecule has 0 atom stereocenters. The minimum Gasteiger partial charge on any atom is -0.394 e. The molecule has 0 aliphatic heterocycles. The molecule has 0 spiro atoms. The van der Waals surface area contributed by atoms with E-state index in [0.29, 0.717) is 18.1 Å². The maximum Gasteiger partial charge on any atom is 0.248 e. The average Bonchev–Trinajstić information content (AvgIpc) is 3.10. The molecule has 3 N–H and O–H groups in total. The van der Waals surface area contributed by atoms with Crippen molar-refractivity contribution in [2.24, 2.45) is 0 Å². The van der Waals surface area contributed by atoms with Gasteiger partial charge in [-0.2, -0.15) is 5.10 Å². The van der Waals surface area contributed by atoms with Crippen molar-refractivity contribution in [1.29, 1.82) is 0 Å². The third-order valence-electron chi connectivity index (χ3n) is 3.65. The van der Waals surface area contributed by atoms with Gasteiger partial charge >= 0.3 is 0 Å². The molecule has 0 aliphatic carbocycles. The molecule has 3 rings (SSSR count). The van der Waals surface area contributed by atoms with Crippen LogP contribution in [-0.2, 0) is 11.3 Å². The lowest BCUT2D eigenvalue weighted by molar-refractivity contribution is -0.111. The molecule has 1 aromatic carbocycles. The summed E-state index contributed by atoms with van der Waals surface area (Å²) in [7, 11) is 0. The van der Waals surface area contributed by atoms with Gasteiger partial charge in [0.1, 0.15) is 12.1 Å². The van der Waals surface area contributed by atoms with Crippen molar-refractivity contribution in [2.75, 3.05) is 17.2 Å². The standard InChI is InChI=1S/C19H20N6O2/c1-2-4-19(27)24-15-6-3-5-14(9-15)17-10-18(21-13-20-17)23-16-11-22-25(12-16)7-8-26/h2-6,9-13,26H,7-8H2,1H3,(H,24,27)(H,20,21,23). The summed E-state index contributed by atoms with van der Waals surface area (Å²) in [6.45, 7) is 2.25. The van der Waals surface area contributed by atoms with Crippen molar-refractivity contribution < 1.29 is 9.90 Å². The molecule has 0 fully saturated rings. The number of aliphatic hydroxyl groups excluding tert-OH is 1. The second-order valence-electron chi connectivity index (χ2n) is 5.70. The van der Waals surface area contributed by atoms with Crippen molar-refractivity contribution in [3.05, 3.63) is 61.2 Å². The first-order valence-electron chi connectivity index (χ1n) is 8.44. The Hall–Kier alpha value is -3.52. The molecule has 0 saturated heterocycles. The Bertz CT molecular complexity index is 951. The smallest absolute Gasteiger partial charge is 0.248 e. The van der Waals surface area contributed by atoms with Crippen molar-refractivity contribution in [2.45, 2.75) is 13.5 Å². The molecule has 1 amide bonds. The number of hydrogen-bond donors (Lipinski definition) is 3. The third-order valence-corrected chi connectivity index (χ3v) is 3.65. The highest BCUT2D eigenvalue weighted by Crippen LogP contribution is 2.23. The van der Waals surface area contributed by atoms with Crippen molar-refractivity contribution >= 4 is 23.1 Å². The SMILES string of the molecule is CC=CC(=O)Nc1cccc(-c2cc(Nc3cnn(CCO)c3)ncn2)c1. The second kappa shape index (κ2) is 8.72. The fourth-order valence-electron chi connectivity index (χ4n) is 2.48. The van der Waals surface area contributed by atoms with Gasteiger partial charge in [-0.3, -0.25) is 9.48 Å². The van der Waals surface area contributed by atoms with E-state index in [1.165, 1.54) is 12.4 Å². The van der Waals surface area contributed by atoms with Crippen molar-refractivity contribution in [3.63, 3.8) is 0 Å². The van der Waals surface area contributed by atoms with Gasteiger partial charge in [0.2, 0.25) is 5.91 Å². The van der Waals surface area contributed by atoms with Crippen LogP contribution in [0.15, 0.2) is 61.2 Å². The average molecular weight is 364 g/mol. The van der Waals surface area contributed by atoms with Gasteiger partial charge in [-0.25, -0.2) is 9.97 Å². The largest absolute Gasteiger partial charge is 0.394 e. The molecule has 2 aromatic heterocycles. The number of nitrogens with zero attached hydrogens (tertiary/aromatic N) is 4. The molecular weight excluding hydrogens is 344 g/mol. The minimum absolute atomic E-state index is 0.0275. The molecule has 0 aliphatic rings. The molecule has 3 aromatic rings. The van der Waals surface area contributed by atoms with Crippen LogP contribution >= 0.6 is 0 Å². The molecule has 27 heavy (non-hydrogen) atoms. The lowest BCUT2D eigenvalue weighted by atomic mass is 10.1. The zero-order chi connectivity index (χ0) is 19.1. The van der Waals surface area contributed by atoms with Crippen LogP contribution in [0.5, 0.6) is 0 Å². The number of amides is 1. The maximum atomic E-state index is 11.7. The molecule has 2 heterocycles. The normalized spacial score (nSPS) is 10.9. The van der Waals surface area contributed by atoms with Gasteiger partial charge in [-0.15, -0.1) is 0 Å². The Morgan fingerprint density at radius 3 is 2.96 bits per heavy atom. The van der Waals surface area contributed by atoms with E-state index >= 15 is 0 Å². The lowest BCUT2D eigenvalue weighted by Crippen LogP contribution is -2.07. The monoisotopic (exact) mass is 364 g/mol. The number of benzene rings is 1. The Morgan fingerprint density at radius 1 is 1.26 bits per heavy atom. The topological polar surface area (TPSA) is 105 Å². The van der Waals surface area contributed by atoms with Crippen LogP contribution in [0.2, 0.25) is 0 Å². The first kappa shape index (κ1) is 18.3. The van der Waals surface area contributed by atoms with Crippen LogP contribution in [0.1, 0.15) is 6.92 Å². The molecular formula is C19H20N6O2. The van der Waals surface area contributed by atoms with E-state index in [1.807, 2.05) is 30.3 Å². The van der Waals surface area contributed by atoms with Crippen LogP contribution in [0.25, 0.3) is 11.3 Å². The van der Waals surface area contributed by atoms with Crippen molar-refractivity contribution in [1.82, 2.24) is 19.7 Å². The highest BCUT2D eigenvalue weighted by molar-refractivity contribution is 5.99. The number of carbonyl (C=O) groups excluding carboxylic acids is 1. The number of aliphatic hydroxyl groups is 1. The lowest BCUT2D eigenvalue weighted by Gasteiger charge is -2.07. The van der Waals surface area contributed by atoms with E-state index in [0.717, 1.165) is 16.9 Å². The highest BCUT2D eigenvalue weighted by atomic mass is 16.3. The summed E-state index contributed by atoms with van der Waals surface area (Å²) in [6.07, 6.45) is 8.08. The molecule has 0 radical (unpaired) electrons. The van der Waals surface area contributed by atoms with Crippen LogP contribution in [0.3, 0.4) is 0 Å². The Balaban J connectivity index is 1.77. The fourth-order valence-corrected chi connectivity index (χ4v) is 2.48. The van der Waals surface area contributed by atoms with E-state index in [9.17, 15) is 4.79 Å². The van der Waals surface area contributed by atoms with E-state index in [4.69, 9.17) is 5.11 Å². The molecule has 8 heteroatoms. The molecule has 0 saturated carbocycles. The first-order valence-corrected chi connectivity index (χ1v) is 8.44. The number of allylic oxidation sites excluding steroid dienone is 1. The number of carbonyl (C=O) groups is 1. The Morgan fingerprint density at radius 2 is 2.15 bits per heavy atom. The van der Waals surface area contributed by atoms with E-state index in [2.05, 4.69) is 25.7 Å². The molecule has 138 valence electrons. The van der Waals surface area contributed by atoms with Gasteiger partial charge in [0, 0.05) is 23.5 Å². The third kappa shape index (κ3) is 4.99. The molecule has 0 bridgehead atoms.